The van der Waals surface area contributed by atoms with Crippen LogP contribution >= 0.6 is 0 Å². The van der Waals surface area contributed by atoms with E-state index in [9.17, 15) is 9.59 Å². The Labute approximate surface area is 119 Å². The number of aryl methyl sites for hydroxylation is 1. The van der Waals surface area contributed by atoms with Crippen LogP contribution in [0.15, 0.2) is 16.7 Å². The van der Waals surface area contributed by atoms with Crippen LogP contribution in [0.25, 0.3) is 0 Å². The highest BCUT2D eigenvalue weighted by Crippen LogP contribution is 2.07. The summed E-state index contributed by atoms with van der Waals surface area (Å²) in [4.78, 5) is 23.1. The van der Waals surface area contributed by atoms with E-state index < -0.39 is 0 Å². The van der Waals surface area contributed by atoms with E-state index in [-0.39, 0.29) is 17.9 Å². The Bertz CT molecular complexity index is 441. The monoisotopic (exact) mass is 281 g/mol. The quantitative estimate of drug-likeness (QED) is 0.618. The summed E-state index contributed by atoms with van der Waals surface area (Å²) in [5.41, 5.74) is 6.38. The second kappa shape index (κ2) is 8.37. The topological polar surface area (TPSA) is 97.4 Å². The van der Waals surface area contributed by atoms with Crippen molar-refractivity contribution in [2.45, 2.75) is 39.2 Å². The van der Waals surface area contributed by atoms with Gasteiger partial charge in [0.05, 0.1) is 6.26 Å². The third kappa shape index (κ3) is 5.88. The molecular formula is C14H23N3O3. The molecule has 112 valence electrons. The fourth-order valence-corrected chi connectivity index (χ4v) is 1.65. The highest BCUT2D eigenvalue weighted by atomic mass is 16.3. The molecule has 0 aliphatic carbocycles. The molecule has 0 saturated heterocycles. The van der Waals surface area contributed by atoms with Gasteiger partial charge in [-0.3, -0.25) is 9.59 Å². The van der Waals surface area contributed by atoms with Gasteiger partial charge >= 0.3 is 0 Å². The Balaban J connectivity index is 2.09. The number of amides is 2. The van der Waals surface area contributed by atoms with E-state index in [4.69, 9.17) is 10.2 Å². The Hall–Kier alpha value is -1.82. The molecular weight excluding hydrogens is 258 g/mol. The summed E-state index contributed by atoms with van der Waals surface area (Å²) in [6, 6.07) is 1.78. The molecule has 0 aromatic carbocycles. The zero-order chi connectivity index (χ0) is 15.0. The standard InChI is InChI=1S/C14H23N3O3/c1-10-6-9-20-13(10)14(19)17-8-3-7-16-12(18)5-4-11(2)15/h6,9,11H,3-5,7-8,15H2,1-2H3,(H,16,18)(H,17,19). The molecule has 0 aliphatic heterocycles. The molecule has 6 heteroatoms. The van der Waals surface area contributed by atoms with Crippen molar-refractivity contribution in [2.75, 3.05) is 13.1 Å². The van der Waals surface area contributed by atoms with Crippen molar-refractivity contribution in [2.24, 2.45) is 5.73 Å². The molecule has 1 heterocycles. The van der Waals surface area contributed by atoms with Crippen LogP contribution in [-0.4, -0.2) is 30.9 Å². The van der Waals surface area contributed by atoms with Gasteiger partial charge in [-0.05, 0) is 32.8 Å². The molecule has 0 saturated carbocycles. The second-order valence-electron chi connectivity index (χ2n) is 4.91. The van der Waals surface area contributed by atoms with Crippen molar-refractivity contribution in [3.05, 3.63) is 23.7 Å². The van der Waals surface area contributed by atoms with E-state index in [1.54, 1.807) is 6.07 Å². The van der Waals surface area contributed by atoms with Crippen molar-refractivity contribution in [3.63, 3.8) is 0 Å². The SMILES string of the molecule is Cc1ccoc1C(=O)NCCCNC(=O)CCC(C)N. The highest BCUT2D eigenvalue weighted by Gasteiger charge is 2.11. The van der Waals surface area contributed by atoms with Crippen LogP contribution in [0.4, 0.5) is 0 Å². The van der Waals surface area contributed by atoms with E-state index in [0.29, 0.717) is 38.1 Å². The lowest BCUT2D eigenvalue weighted by atomic mass is 10.2. The Kier molecular flexibility index (Phi) is 6.79. The van der Waals surface area contributed by atoms with Gasteiger partial charge in [0, 0.05) is 31.1 Å². The molecule has 20 heavy (non-hydrogen) atoms. The minimum atomic E-state index is -0.226. The zero-order valence-electron chi connectivity index (χ0n) is 12.1. The van der Waals surface area contributed by atoms with Crippen LogP contribution < -0.4 is 16.4 Å². The summed E-state index contributed by atoms with van der Waals surface area (Å²) in [5, 5.41) is 5.53. The van der Waals surface area contributed by atoms with Gasteiger partial charge in [0.25, 0.3) is 5.91 Å². The number of carbonyl (C=O) groups excluding carboxylic acids is 2. The van der Waals surface area contributed by atoms with Crippen LogP contribution in [0.5, 0.6) is 0 Å². The van der Waals surface area contributed by atoms with Crippen LogP contribution in [-0.2, 0) is 4.79 Å². The fraction of sp³-hybridized carbons (Fsp3) is 0.571. The number of hydrogen-bond acceptors (Lipinski definition) is 4. The normalized spacial score (nSPS) is 11.9. The summed E-state index contributed by atoms with van der Waals surface area (Å²) >= 11 is 0. The largest absolute Gasteiger partial charge is 0.459 e. The molecule has 2 amide bonds. The first-order valence-corrected chi connectivity index (χ1v) is 6.85. The predicted octanol–water partition coefficient (Wildman–Crippen LogP) is 0.952. The molecule has 6 nitrogen and oxygen atoms in total. The smallest absolute Gasteiger partial charge is 0.287 e. The van der Waals surface area contributed by atoms with E-state index in [1.807, 2.05) is 13.8 Å². The summed E-state index contributed by atoms with van der Waals surface area (Å²) in [7, 11) is 0. The minimum Gasteiger partial charge on any atom is -0.459 e. The molecule has 1 aromatic heterocycles. The summed E-state index contributed by atoms with van der Waals surface area (Å²) in [5.74, 6) is 0.109. The Morgan fingerprint density at radius 2 is 2.05 bits per heavy atom. The van der Waals surface area contributed by atoms with Gasteiger partial charge in [0.15, 0.2) is 5.76 Å². The summed E-state index contributed by atoms with van der Waals surface area (Å²) in [6.45, 7) is 4.72. The minimum absolute atomic E-state index is 0.00416. The molecule has 0 aliphatic rings. The number of rotatable bonds is 8. The van der Waals surface area contributed by atoms with Crippen molar-refractivity contribution >= 4 is 11.8 Å². The lowest BCUT2D eigenvalue weighted by molar-refractivity contribution is -0.121. The molecule has 4 N–H and O–H groups in total. The second-order valence-corrected chi connectivity index (χ2v) is 4.91. The predicted molar refractivity (Wildman–Crippen MR) is 76.3 cm³/mol. The maximum Gasteiger partial charge on any atom is 0.287 e. The fourth-order valence-electron chi connectivity index (χ4n) is 1.65. The average molecular weight is 281 g/mol. The maximum atomic E-state index is 11.7. The van der Waals surface area contributed by atoms with E-state index in [1.165, 1.54) is 6.26 Å². The first kappa shape index (κ1) is 16.2. The number of furan rings is 1. The van der Waals surface area contributed by atoms with Gasteiger partial charge in [-0.15, -0.1) is 0 Å². The third-order valence-corrected chi connectivity index (χ3v) is 2.86. The lowest BCUT2D eigenvalue weighted by Crippen LogP contribution is -2.30. The van der Waals surface area contributed by atoms with Gasteiger partial charge in [0.2, 0.25) is 5.91 Å². The molecule has 1 unspecified atom stereocenters. The summed E-state index contributed by atoms with van der Waals surface area (Å²) in [6.07, 6.45) is 3.29. The number of carbonyl (C=O) groups is 2. The number of nitrogens with one attached hydrogen (secondary N) is 2. The average Bonchev–Trinajstić information content (AvgIpc) is 2.82. The van der Waals surface area contributed by atoms with E-state index >= 15 is 0 Å². The van der Waals surface area contributed by atoms with Gasteiger partial charge in [0.1, 0.15) is 0 Å². The highest BCUT2D eigenvalue weighted by molar-refractivity contribution is 5.92. The van der Waals surface area contributed by atoms with Crippen molar-refractivity contribution in [1.82, 2.24) is 10.6 Å². The van der Waals surface area contributed by atoms with Gasteiger partial charge in [-0.25, -0.2) is 0 Å². The Morgan fingerprint density at radius 3 is 2.65 bits per heavy atom. The molecule has 1 rings (SSSR count). The molecule has 1 aromatic rings. The van der Waals surface area contributed by atoms with Crippen molar-refractivity contribution in [1.29, 1.82) is 0 Å². The number of hydrogen-bond donors (Lipinski definition) is 3. The van der Waals surface area contributed by atoms with Gasteiger partial charge < -0.3 is 20.8 Å². The molecule has 0 spiro atoms. The van der Waals surface area contributed by atoms with Crippen LogP contribution in [0, 0.1) is 6.92 Å². The molecule has 0 radical (unpaired) electrons. The van der Waals surface area contributed by atoms with Crippen LogP contribution in [0.1, 0.15) is 42.3 Å². The van der Waals surface area contributed by atoms with Gasteiger partial charge in [-0.2, -0.15) is 0 Å². The van der Waals surface area contributed by atoms with E-state index in [2.05, 4.69) is 10.6 Å². The lowest BCUT2D eigenvalue weighted by Gasteiger charge is -2.07. The zero-order valence-corrected chi connectivity index (χ0v) is 12.1. The van der Waals surface area contributed by atoms with Crippen LogP contribution in [0.3, 0.4) is 0 Å². The van der Waals surface area contributed by atoms with Crippen molar-refractivity contribution < 1.29 is 14.0 Å². The first-order chi connectivity index (χ1) is 9.50. The first-order valence-electron chi connectivity index (χ1n) is 6.85. The molecule has 1 atom stereocenters. The van der Waals surface area contributed by atoms with E-state index in [0.717, 1.165) is 5.56 Å². The maximum absolute atomic E-state index is 11.7. The van der Waals surface area contributed by atoms with Crippen LogP contribution in [0.2, 0.25) is 0 Å². The third-order valence-electron chi connectivity index (χ3n) is 2.86. The summed E-state index contributed by atoms with van der Waals surface area (Å²) < 4.78 is 5.08. The number of nitrogens with two attached hydrogens (primary N) is 1. The van der Waals surface area contributed by atoms with Crippen molar-refractivity contribution in [3.8, 4) is 0 Å². The Morgan fingerprint density at radius 1 is 1.35 bits per heavy atom. The van der Waals surface area contributed by atoms with Gasteiger partial charge in [-0.1, -0.05) is 0 Å². The molecule has 0 fully saturated rings. The molecule has 0 bridgehead atoms.